The Morgan fingerprint density at radius 3 is 2.82 bits per heavy atom. The fourth-order valence-corrected chi connectivity index (χ4v) is 2.74. The van der Waals surface area contributed by atoms with Crippen LogP contribution in [0.25, 0.3) is 0 Å². The van der Waals surface area contributed by atoms with Gasteiger partial charge < -0.3 is 10.1 Å². The van der Waals surface area contributed by atoms with Crippen molar-refractivity contribution < 1.29 is 9.53 Å². The van der Waals surface area contributed by atoms with E-state index in [2.05, 4.69) is 35.3 Å². The number of carbonyl (C=O) groups is 1. The van der Waals surface area contributed by atoms with E-state index in [0.29, 0.717) is 6.54 Å². The third kappa shape index (κ3) is 5.34. The Hall–Kier alpha value is -1.55. The number of rotatable bonds is 4. The molecule has 1 N–H and O–H groups in total. The van der Waals surface area contributed by atoms with E-state index >= 15 is 0 Å². The minimum atomic E-state index is -0.432. The summed E-state index contributed by atoms with van der Waals surface area (Å²) in [5.74, 6) is 0. The number of alkyl carbamates (subject to hydrolysis) is 1. The highest BCUT2D eigenvalue weighted by Gasteiger charge is 2.17. The van der Waals surface area contributed by atoms with E-state index in [1.54, 1.807) is 0 Å². The summed E-state index contributed by atoms with van der Waals surface area (Å²) in [4.78, 5) is 14.0. The fraction of sp³-hybridized carbons (Fsp3) is 0.611. The Kier molecular flexibility index (Phi) is 5.46. The Labute approximate surface area is 133 Å². The van der Waals surface area contributed by atoms with Crippen molar-refractivity contribution in [3.05, 3.63) is 34.9 Å². The van der Waals surface area contributed by atoms with E-state index in [9.17, 15) is 4.79 Å². The number of nitrogens with one attached hydrogen (secondary N) is 1. The first-order valence-corrected chi connectivity index (χ1v) is 8.11. The molecule has 22 heavy (non-hydrogen) atoms. The lowest BCUT2D eigenvalue weighted by molar-refractivity contribution is 0.0525. The van der Waals surface area contributed by atoms with Crippen molar-refractivity contribution >= 4 is 6.09 Å². The highest BCUT2D eigenvalue weighted by atomic mass is 16.6. The summed E-state index contributed by atoms with van der Waals surface area (Å²) in [5.41, 5.74) is 3.84. The first-order valence-electron chi connectivity index (χ1n) is 8.11. The van der Waals surface area contributed by atoms with Crippen molar-refractivity contribution in [2.24, 2.45) is 0 Å². The van der Waals surface area contributed by atoms with E-state index in [0.717, 1.165) is 32.5 Å². The van der Waals surface area contributed by atoms with Crippen LogP contribution in [0.15, 0.2) is 18.2 Å². The Bertz CT molecular complexity index is 520. The predicted molar refractivity (Wildman–Crippen MR) is 89.0 cm³/mol. The first kappa shape index (κ1) is 16.8. The van der Waals surface area contributed by atoms with Gasteiger partial charge in [0, 0.05) is 26.2 Å². The number of ether oxygens (including phenoxy) is 1. The smallest absolute Gasteiger partial charge is 0.407 e. The molecule has 1 aromatic carbocycles. The van der Waals surface area contributed by atoms with Crippen molar-refractivity contribution in [1.29, 1.82) is 0 Å². The van der Waals surface area contributed by atoms with Gasteiger partial charge in [-0.1, -0.05) is 23.8 Å². The highest BCUT2D eigenvalue weighted by molar-refractivity contribution is 5.67. The highest BCUT2D eigenvalue weighted by Crippen LogP contribution is 2.20. The molecule has 0 aromatic heterocycles. The molecule has 0 atom stereocenters. The lowest BCUT2D eigenvalue weighted by atomic mass is 9.97. The zero-order chi connectivity index (χ0) is 16.2. The quantitative estimate of drug-likeness (QED) is 0.868. The standard InChI is InChI=1S/C18H28N2O2/c1-14-6-7-16-13-20(11-8-15(16)12-14)10-5-9-19-17(21)22-18(2,3)4/h6-7,12H,5,8-11,13H2,1-4H3,(H,19,21). The van der Waals surface area contributed by atoms with Gasteiger partial charge in [-0.2, -0.15) is 0 Å². The van der Waals surface area contributed by atoms with Gasteiger partial charge in [0.1, 0.15) is 5.60 Å². The van der Waals surface area contributed by atoms with Crippen LogP contribution in [-0.4, -0.2) is 36.2 Å². The van der Waals surface area contributed by atoms with Crippen LogP contribution in [0.1, 0.15) is 43.9 Å². The topological polar surface area (TPSA) is 41.6 Å². The zero-order valence-corrected chi connectivity index (χ0v) is 14.2. The largest absolute Gasteiger partial charge is 0.444 e. The number of carbonyl (C=O) groups excluding carboxylic acids is 1. The Balaban J connectivity index is 1.69. The number of hydrogen-bond acceptors (Lipinski definition) is 3. The van der Waals surface area contributed by atoms with Gasteiger partial charge in [0.05, 0.1) is 0 Å². The summed E-state index contributed by atoms with van der Waals surface area (Å²) < 4.78 is 5.22. The zero-order valence-electron chi connectivity index (χ0n) is 14.2. The molecule has 122 valence electrons. The second-order valence-electron chi connectivity index (χ2n) is 7.08. The number of nitrogens with zero attached hydrogens (tertiary/aromatic N) is 1. The van der Waals surface area contributed by atoms with E-state index < -0.39 is 5.60 Å². The second kappa shape index (κ2) is 7.14. The molecule has 0 bridgehead atoms. The minimum Gasteiger partial charge on any atom is -0.444 e. The van der Waals surface area contributed by atoms with Gasteiger partial charge >= 0.3 is 6.09 Å². The third-order valence-electron chi connectivity index (χ3n) is 3.77. The van der Waals surface area contributed by atoms with Crippen LogP contribution in [0.5, 0.6) is 0 Å². The summed E-state index contributed by atoms with van der Waals surface area (Å²) in [7, 11) is 0. The molecule has 2 rings (SSSR count). The fourth-order valence-electron chi connectivity index (χ4n) is 2.74. The van der Waals surface area contributed by atoms with Crippen LogP contribution < -0.4 is 5.32 Å². The van der Waals surface area contributed by atoms with Crippen molar-refractivity contribution in [3.63, 3.8) is 0 Å². The van der Waals surface area contributed by atoms with Crippen molar-refractivity contribution in [2.75, 3.05) is 19.6 Å². The molecule has 0 radical (unpaired) electrons. The SMILES string of the molecule is Cc1ccc2c(c1)CCN(CCCNC(=O)OC(C)(C)C)C2. The van der Waals surface area contributed by atoms with Crippen molar-refractivity contribution in [1.82, 2.24) is 10.2 Å². The van der Waals surface area contributed by atoms with Crippen LogP contribution in [0.2, 0.25) is 0 Å². The molecule has 1 aliphatic rings. The maximum absolute atomic E-state index is 11.6. The van der Waals surface area contributed by atoms with Gasteiger partial charge in [-0.3, -0.25) is 4.90 Å². The molecule has 4 heteroatoms. The molecule has 0 fully saturated rings. The predicted octanol–water partition coefficient (Wildman–Crippen LogP) is 3.27. The molecule has 1 aliphatic heterocycles. The number of benzene rings is 1. The average Bonchev–Trinajstić information content (AvgIpc) is 2.41. The lowest BCUT2D eigenvalue weighted by Crippen LogP contribution is -2.36. The molecule has 0 spiro atoms. The molecule has 0 aliphatic carbocycles. The number of hydrogen-bond donors (Lipinski definition) is 1. The van der Waals surface area contributed by atoms with Crippen LogP contribution in [0.4, 0.5) is 4.79 Å². The van der Waals surface area contributed by atoms with Crippen LogP contribution in [0, 0.1) is 6.92 Å². The molecule has 1 aromatic rings. The Morgan fingerprint density at radius 2 is 2.09 bits per heavy atom. The number of amides is 1. The number of fused-ring (bicyclic) bond motifs is 1. The van der Waals surface area contributed by atoms with Crippen molar-refractivity contribution in [3.8, 4) is 0 Å². The van der Waals surface area contributed by atoms with Gasteiger partial charge in [0.2, 0.25) is 0 Å². The molecule has 0 saturated carbocycles. The molecule has 4 nitrogen and oxygen atoms in total. The molecular weight excluding hydrogens is 276 g/mol. The summed E-state index contributed by atoms with van der Waals surface area (Å²) in [6.07, 6.45) is 1.74. The number of aryl methyl sites for hydroxylation is 1. The Morgan fingerprint density at radius 1 is 1.32 bits per heavy atom. The average molecular weight is 304 g/mol. The molecule has 0 unspecified atom stereocenters. The van der Waals surface area contributed by atoms with Crippen molar-refractivity contribution in [2.45, 2.75) is 52.7 Å². The maximum Gasteiger partial charge on any atom is 0.407 e. The van der Waals surface area contributed by atoms with E-state index in [1.165, 1.54) is 16.7 Å². The molecular formula is C18H28N2O2. The molecule has 0 saturated heterocycles. The van der Waals surface area contributed by atoms with Gasteiger partial charge in [-0.05, 0) is 51.7 Å². The normalized spacial score (nSPS) is 15.3. The van der Waals surface area contributed by atoms with Crippen LogP contribution >= 0.6 is 0 Å². The third-order valence-corrected chi connectivity index (χ3v) is 3.77. The summed E-state index contributed by atoms with van der Waals surface area (Å²) in [6, 6.07) is 6.74. The van der Waals surface area contributed by atoms with Gasteiger partial charge in [-0.25, -0.2) is 4.79 Å². The summed E-state index contributed by atoms with van der Waals surface area (Å²) >= 11 is 0. The van der Waals surface area contributed by atoms with Gasteiger partial charge in [0.15, 0.2) is 0 Å². The minimum absolute atomic E-state index is 0.327. The monoisotopic (exact) mass is 304 g/mol. The summed E-state index contributed by atoms with van der Waals surface area (Å²) in [6.45, 7) is 11.5. The van der Waals surface area contributed by atoms with E-state index in [-0.39, 0.29) is 6.09 Å². The first-order chi connectivity index (χ1) is 10.3. The van der Waals surface area contributed by atoms with Crippen LogP contribution in [0.3, 0.4) is 0 Å². The summed E-state index contributed by atoms with van der Waals surface area (Å²) in [5, 5.41) is 2.82. The second-order valence-corrected chi connectivity index (χ2v) is 7.08. The maximum atomic E-state index is 11.6. The van der Waals surface area contributed by atoms with Gasteiger partial charge in [0.25, 0.3) is 0 Å². The molecule has 1 heterocycles. The van der Waals surface area contributed by atoms with Gasteiger partial charge in [-0.15, -0.1) is 0 Å². The van der Waals surface area contributed by atoms with E-state index in [4.69, 9.17) is 4.74 Å². The lowest BCUT2D eigenvalue weighted by Gasteiger charge is -2.29. The van der Waals surface area contributed by atoms with E-state index in [1.807, 2.05) is 20.8 Å². The molecule has 1 amide bonds. The van der Waals surface area contributed by atoms with Crippen LogP contribution in [-0.2, 0) is 17.7 Å².